The highest BCUT2D eigenvalue weighted by molar-refractivity contribution is 5.89. The maximum Gasteiger partial charge on any atom is 0.338 e. The van der Waals surface area contributed by atoms with E-state index in [1.165, 1.54) is 24.3 Å². The van der Waals surface area contributed by atoms with Crippen molar-refractivity contribution in [2.75, 3.05) is 6.54 Å². The van der Waals surface area contributed by atoms with Gasteiger partial charge in [-0.1, -0.05) is 0 Å². The topological polar surface area (TPSA) is 89.8 Å². The van der Waals surface area contributed by atoms with Crippen molar-refractivity contribution in [2.45, 2.75) is 50.7 Å². The predicted octanol–water partition coefficient (Wildman–Crippen LogP) is 2.69. The maximum absolute atomic E-state index is 12.1. The third-order valence-corrected chi connectivity index (χ3v) is 4.78. The van der Waals surface area contributed by atoms with Crippen LogP contribution in [-0.2, 0) is 9.53 Å². The maximum atomic E-state index is 12.1. The van der Waals surface area contributed by atoms with Gasteiger partial charge >= 0.3 is 5.97 Å². The number of likely N-dealkylation sites (tertiary alicyclic amines) is 1. The minimum Gasteiger partial charge on any atom is -0.459 e. The molecular formula is C17H20N2O5. The van der Waals surface area contributed by atoms with Gasteiger partial charge in [-0.25, -0.2) is 4.79 Å². The lowest BCUT2D eigenvalue weighted by molar-refractivity contribution is -0.384. The molecule has 128 valence electrons. The van der Waals surface area contributed by atoms with Crippen LogP contribution in [0.4, 0.5) is 5.69 Å². The average molecular weight is 332 g/mol. The van der Waals surface area contributed by atoms with Gasteiger partial charge in [-0.05, 0) is 44.2 Å². The van der Waals surface area contributed by atoms with E-state index in [9.17, 15) is 19.7 Å². The number of nitro benzene ring substituents is 1. The zero-order chi connectivity index (χ0) is 17.1. The van der Waals surface area contributed by atoms with Gasteiger partial charge in [0, 0.05) is 31.1 Å². The molecule has 7 heteroatoms. The van der Waals surface area contributed by atoms with Crippen LogP contribution < -0.4 is 0 Å². The molecule has 0 N–H and O–H groups in total. The van der Waals surface area contributed by atoms with Gasteiger partial charge in [-0.2, -0.15) is 0 Å². The SMILES string of the molecule is O=C(OC1CCC(N2CCCC2=O)CC1)c1ccc([N+](=O)[O-])cc1. The van der Waals surface area contributed by atoms with Crippen molar-refractivity contribution < 1.29 is 19.2 Å². The summed E-state index contributed by atoms with van der Waals surface area (Å²) in [5, 5.41) is 10.6. The van der Waals surface area contributed by atoms with Gasteiger partial charge in [0.15, 0.2) is 0 Å². The fourth-order valence-electron chi connectivity index (χ4n) is 3.47. The van der Waals surface area contributed by atoms with Crippen LogP contribution in [0.3, 0.4) is 0 Å². The van der Waals surface area contributed by atoms with Crippen molar-refractivity contribution >= 4 is 17.6 Å². The monoisotopic (exact) mass is 332 g/mol. The molecule has 2 fully saturated rings. The smallest absolute Gasteiger partial charge is 0.338 e. The van der Waals surface area contributed by atoms with E-state index >= 15 is 0 Å². The first kappa shape index (κ1) is 16.4. The summed E-state index contributed by atoms with van der Waals surface area (Å²) in [6.07, 6.45) is 4.62. The Bertz CT molecular complexity index is 635. The number of carbonyl (C=O) groups excluding carboxylic acids is 2. The summed E-state index contributed by atoms with van der Waals surface area (Å²) in [5.74, 6) is -0.216. The molecule has 1 aliphatic heterocycles. The van der Waals surface area contributed by atoms with E-state index in [0.29, 0.717) is 12.0 Å². The number of benzene rings is 1. The lowest BCUT2D eigenvalue weighted by atomic mass is 9.92. The van der Waals surface area contributed by atoms with Gasteiger partial charge in [0.1, 0.15) is 6.10 Å². The lowest BCUT2D eigenvalue weighted by Crippen LogP contribution is -2.40. The first-order valence-corrected chi connectivity index (χ1v) is 8.29. The van der Waals surface area contributed by atoms with Crippen LogP contribution in [0.25, 0.3) is 0 Å². The van der Waals surface area contributed by atoms with Gasteiger partial charge in [0.2, 0.25) is 5.91 Å². The molecule has 0 atom stereocenters. The normalized spacial score (nSPS) is 24.0. The van der Waals surface area contributed by atoms with Crippen LogP contribution in [0.1, 0.15) is 48.9 Å². The number of hydrogen-bond donors (Lipinski definition) is 0. The van der Waals surface area contributed by atoms with Crippen LogP contribution in [-0.4, -0.2) is 40.4 Å². The second kappa shape index (κ2) is 6.98. The standard InChI is InChI=1S/C17H20N2O5/c20-16-2-1-11-18(16)13-7-9-15(10-8-13)24-17(21)12-3-5-14(6-4-12)19(22)23/h3-6,13,15H,1-2,7-11H2. The molecule has 1 saturated heterocycles. The van der Waals surface area contributed by atoms with E-state index in [-0.39, 0.29) is 23.7 Å². The third kappa shape index (κ3) is 3.55. The first-order valence-electron chi connectivity index (χ1n) is 8.29. The molecule has 3 rings (SSSR count). The number of nitrogens with zero attached hydrogens (tertiary/aromatic N) is 2. The Labute approximate surface area is 139 Å². The molecule has 1 heterocycles. The highest BCUT2D eigenvalue weighted by Crippen LogP contribution is 2.28. The molecule has 24 heavy (non-hydrogen) atoms. The second-order valence-electron chi connectivity index (χ2n) is 6.33. The molecule has 0 aromatic heterocycles. The van der Waals surface area contributed by atoms with Crippen molar-refractivity contribution in [3.8, 4) is 0 Å². The molecule has 1 aromatic rings. The number of ether oxygens (including phenoxy) is 1. The number of amides is 1. The Balaban J connectivity index is 1.51. The van der Waals surface area contributed by atoms with E-state index in [1.807, 2.05) is 4.90 Å². The summed E-state index contributed by atoms with van der Waals surface area (Å²) >= 11 is 0. The molecule has 1 aromatic carbocycles. The molecule has 0 bridgehead atoms. The van der Waals surface area contributed by atoms with Crippen LogP contribution in [0.5, 0.6) is 0 Å². The second-order valence-corrected chi connectivity index (χ2v) is 6.33. The van der Waals surface area contributed by atoms with Gasteiger partial charge < -0.3 is 9.64 Å². The summed E-state index contributed by atoms with van der Waals surface area (Å²) < 4.78 is 5.50. The highest BCUT2D eigenvalue weighted by Gasteiger charge is 2.32. The molecular weight excluding hydrogens is 312 g/mol. The molecule has 0 unspecified atom stereocenters. The average Bonchev–Trinajstić information content (AvgIpc) is 3.01. The summed E-state index contributed by atoms with van der Waals surface area (Å²) in [6, 6.07) is 5.69. The molecule has 7 nitrogen and oxygen atoms in total. The number of nitro groups is 1. The third-order valence-electron chi connectivity index (χ3n) is 4.78. The minimum atomic E-state index is -0.504. The Morgan fingerprint density at radius 3 is 2.38 bits per heavy atom. The highest BCUT2D eigenvalue weighted by atomic mass is 16.6. The summed E-state index contributed by atoms with van der Waals surface area (Å²) in [4.78, 5) is 36.0. The number of hydrogen-bond acceptors (Lipinski definition) is 5. The van der Waals surface area contributed by atoms with Crippen molar-refractivity contribution in [3.63, 3.8) is 0 Å². The van der Waals surface area contributed by atoms with Gasteiger partial charge in [0.05, 0.1) is 10.5 Å². The first-order chi connectivity index (χ1) is 11.5. The number of non-ortho nitro benzene ring substituents is 1. The van der Waals surface area contributed by atoms with Crippen molar-refractivity contribution in [2.24, 2.45) is 0 Å². The number of esters is 1. The molecule has 0 radical (unpaired) electrons. The van der Waals surface area contributed by atoms with E-state index < -0.39 is 10.9 Å². The Hall–Kier alpha value is -2.44. The van der Waals surface area contributed by atoms with Crippen LogP contribution in [0.15, 0.2) is 24.3 Å². The molecule has 1 saturated carbocycles. The van der Waals surface area contributed by atoms with E-state index in [4.69, 9.17) is 4.74 Å². The lowest BCUT2D eigenvalue weighted by Gasteiger charge is -2.34. The summed E-state index contributed by atoms with van der Waals surface area (Å²) in [5.41, 5.74) is 0.264. The Morgan fingerprint density at radius 2 is 1.83 bits per heavy atom. The van der Waals surface area contributed by atoms with E-state index in [1.54, 1.807) is 0 Å². The van der Waals surface area contributed by atoms with Crippen molar-refractivity contribution in [1.29, 1.82) is 0 Å². The molecule has 2 aliphatic rings. The molecule has 0 spiro atoms. The quantitative estimate of drug-likeness (QED) is 0.480. The van der Waals surface area contributed by atoms with Crippen LogP contribution in [0.2, 0.25) is 0 Å². The fraction of sp³-hybridized carbons (Fsp3) is 0.529. The van der Waals surface area contributed by atoms with Crippen LogP contribution >= 0.6 is 0 Å². The van der Waals surface area contributed by atoms with Gasteiger partial charge in [0.25, 0.3) is 5.69 Å². The van der Waals surface area contributed by atoms with Crippen molar-refractivity contribution in [1.82, 2.24) is 4.90 Å². The zero-order valence-electron chi connectivity index (χ0n) is 13.3. The Kier molecular flexibility index (Phi) is 4.78. The number of rotatable bonds is 4. The van der Waals surface area contributed by atoms with Gasteiger partial charge in [-0.15, -0.1) is 0 Å². The number of carbonyl (C=O) groups is 2. The summed E-state index contributed by atoms with van der Waals surface area (Å²) in [7, 11) is 0. The Morgan fingerprint density at radius 1 is 1.17 bits per heavy atom. The van der Waals surface area contributed by atoms with Gasteiger partial charge in [-0.3, -0.25) is 14.9 Å². The predicted molar refractivity (Wildman–Crippen MR) is 85.5 cm³/mol. The molecule has 1 aliphatic carbocycles. The van der Waals surface area contributed by atoms with E-state index in [0.717, 1.165) is 38.6 Å². The fourth-order valence-corrected chi connectivity index (χ4v) is 3.47. The minimum absolute atomic E-state index is 0.0534. The van der Waals surface area contributed by atoms with Crippen LogP contribution in [0, 0.1) is 10.1 Å². The van der Waals surface area contributed by atoms with Crippen molar-refractivity contribution in [3.05, 3.63) is 39.9 Å². The summed E-state index contributed by atoms with van der Waals surface area (Å²) in [6.45, 7) is 0.844. The van der Waals surface area contributed by atoms with E-state index in [2.05, 4.69) is 0 Å². The zero-order valence-corrected chi connectivity index (χ0v) is 13.3. The molecule has 1 amide bonds. The largest absolute Gasteiger partial charge is 0.459 e.